The lowest BCUT2D eigenvalue weighted by atomic mass is 10.0. The molecule has 0 bridgehead atoms. The number of ether oxygens (including phenoxy) is 1. The van der Waals surface area contributed by atoms with Gasteiger partial charge in [-0.05, 0) is 32.0 Å². The molecule has 3 rings (SSSR count). The number of anilines is 1. The number of aryl methyl sites for hydroxylation is 2. The van der Waals surface area contributed by atoms with Crippen LogP contribution in [0.4, 0.5) is 5.69 Å². The Labute approximate surface area is 160 Å². The van der Waals surface area contributed by atoms with Crippen molar-refractivity contribution in [2.75, 3.05) is 31.6 Å². The van der Waals surface area contributed by atoms with E-state index in [1.807, 2.05) is 19.9 Å². The Balaban J connectivity index is 1.72. The Kier molecular flexibility index (Phi) is 5.78. The minimum absolute atomic E-state index is 0.0126. The Morgan fingerprint density at radius 1 is 1.52 bits per heavy atom. The number of aromatic nitrogens is 2. The maximum Gasteiger partial charge on any atom is 0.238 e. The third-order valence-electron chi connectivity index (χ3n) is 4.31. The highest BCUT2D eigenvalue weighted by Gasteiger charge is 2.29. The minimum atomic E-state index is -0.102. The topological polar surface area (TPSA) is 70.2 Å². The Morgan fingerprint density at radius 3 is 3.00 bits per heavy atom. The van der Waals surface area contributed by atoms with Crippen LogP contribution in [0.25, 0.3) is 0 Å². The van der Waals surface area contributed by atoms with Crippen molar-refractivity contribution in [2.45, 2.75) is 19.9 Å². The van der Waals surface area contributed by atoms with Crippen LogP contribution in [-0.2, 0) is 9.53 Å². The molecule has 2 heterocycles. The summed E-state index contributed by atoms with van der Waals surface area (Å²) < 4.78 is 6.51. The van der Waals surface area contributed by atoms with Crippen molar-refractivity contribution in [1.82, 2.24) is 15.1 Å². The number of amides is 1. The van der Waals surface area contributed by atoms with Crippen molar-refractivity contribution in [2.24, 2.45) is 0 Å². The summed E-state index contributed by atoms with van der Waals surface area (Å²) in [6.07, 6.45) is 0. The first kappa shape index (κ1) is 18.4. The van der Waals surface area contributed by atoms with E-state index in [0.29, 0.717) is 30.5 Å². The quantitative estimate of drug-likeness (QED) is 0.784. The van der Waals surface area contributed by atoms with Gasteiger partial charge in [-0.2, -0.15) is 5.10 Å². The Morgan fingerprint density at radius 2 is 2.32 bits per heavy atom. The lowest BCUT2D eigenvalue weighted by molar-refractivity contribution is -0.119. The smallest absolute Gasteiger partial charge is 0.238 e. The average Bonchev–Trinajstić information content (AvgIpc) is 2.90. The highest BCUT2D eigenvalue weighted by atomic mass is 79.9. The molecule has 1 fully saturated rings. The molecule has 1 aromatic carbocycles. The van der Waals surface area contributed by atoms with Crippen LogP contribution in [0.3, 0.4) is 0 Å². The second-order valence-corrected chi connectivity index (χ2v) is 7.40. The van der Waals surface area contributed by atoms with E-state index in [0.717, 1.165) is 21.4 Å². The van der Waals surface area contributed by atoms with Crippen LogP contribution in [0, 0.1) is 13.8 Å². The van der Waals surface area contributed by atoms with Crippen molar-refractivity contribution < 1.29 is 9.53 Å². The molecule has 1 aromatic heterocycles. The van der Waals surface area contributed by atoms with Crippen LogP contribution in [0.2, 0.25) is 5.02 Å². The number of hydrogen-bond acceptors (Lipinski definition) is 4. The van der Waals surface area contributed by atoms with E-state index in [2.05, 4.69) is 36.3 Å². The van der Waals surface area contributed by atoms with E-state index < -0.39 is 0 Å². The fourth-order valence-electron chi connectivity index (χ4n) is 3.11. The van der Waals surface area contributed by atoms with E-state index in [1.54, 1.807) is 12.1 Å². The summed E-state index contributed by atoms with van der Waals surface area (Å²) >= 11 is 9.53. The third kappa shape index (κ3) is 4.23. The van der Waals surface area contributed by atoms with Gasteiger partial charge in [0.2, 0.25) is 5.91 Å². The van der Waals surface area contributed by atoms with E-state index >= 15 is 0 Å². The van der Waals surface area contributed by atoms with E-state index in [9.17, 15) is 4.79 Å². The molecule has 1 aliphatic rings. The van der Waals surface area contributed by atoms with Crippen molar-refractivity contribution in [3.8, 4) is 0 Å². The van der Waals surface area contributed by atoms with Gasteiger partial charge >= 0.3 is 0 Å². The Hall–Kier alpha value is -1.41. The molecule has 1 atom stereocenters. The first-order chi connectivity index (χ1) is 12.0. The number of carbonyl (C=O) groups is 1. The molecule has 1 amide bonds. The molecular formula is C17H20BrClN4O2. The number of halogens is 2. The lowest BCUT2D eigenvalue weighted by Crippen LogP contribution is -2.44. The highest BCUT2D eigenvalue weighted by molar-refractivity contribution is 9.10. The van der Waals surface area contributed by atoms with E-state index in [4.69, 9.17) is 16.3 Å². The van der Waals surface area contributed by atoms with Gasteiger partial charge < -0.3 is 10.1 Å². The molecular weight excluding hydrogens is 408 g/mol. The van der Waals surface area contributed by atoms with Gasteiger partial charge in [-0.1, -0.05) is 27.5 Å². The molecule has 134 valence electrons. The van der Waals surface area contributed by atoms with Crippen molar-refractivity contribution in [3.63, 3.8) is 0 Å². The summed E-state index contributed by atoms with van der Waals surface area (Å²) in [4.78, 5) is 14.6. The van der Waals surface area contributed by atoms with Gasteiger partial charge in [0.25, 0.3) is 0 Å². The summed E-state index contributed by atoms with van der Waals surface area (Å²) in [6.45, 7) is 6.07. The zero-order valence-corrected chi connectivity index (χ0v) is 16.4. The number of carbonyl (C=O) groups excluding carboxylic acids is 1. The maximum atomic E-state index is 12.5. The zero-order chi connectivity index (χ0) is 18.0. The largest absolute Gasteiger partial charge is 0.378 e. The van der Waals surface area contributed by atoms with Crippen LogP contribution in [0.1, 0.15) is 23.0 Å². The number of nitrogens with one attached hydrogen (secondary N) is 2. The van der Waals surface area contributed by atoms with E-state index in [-0.39, 0.29) is 18.5 Å². The fourth-order valence-corrected chi connectivity index (χ4v) is 3.83. The fraction of sp³-hybridized carbons (Fsp3) is 0.412. The number of nitrogens with zero attached hydrogens (tertiary/aromatic N) is 2. The number of rotatable bonds is 4. The van der Waals surface area contributed by atoms with Crippen molar-refractivity contribution in [3.05, 3.63) is 44.6 Å². The molecule has 0 unspecified atom stereocenters. The zero-order valence-electron chi connectivity index (χ0n) is 14.1. The third-order valence-corrected chi connectivity index (χ3v) is 5.12. The molecule has 6 nitrogen and oxygen atoms in total. The summed E-state index contributed by atoms with van der Waals surface area (Å²) in [5.41, 5.74) is 3.66. The molecule has 1 aliphatic heterocycles. The molecule has 1 saturated heterocycles. The predicted octanol–water partition coefficient (Wildman–Crippen LogP) is 3.45. The van der Waals surface area contributed by atoms with Crippen molar-refractivity contribution >= 4 is 39.1 Å². The van der Waals surface area contributed by atoms with Crippen LogP contribution in [0.15, 0.2) is 22.7 Å². The summed E-state index contributed by atoms with van der Waals surface area (Å²) in [5, 5.41) is 10.7. The first-order valence-electron chi connectivity index (χ1n) is 8.04. The molecule has 0 radical (unpaired) electrons. The molecule has 0 saturated carbocycles. The second-order valence-electron chi connectivity index (χ2n) is 6.08. The number of benzene rings is 1. The van der Waals surface area contributed by atoms with Crippen LogP contribution in [-0.4, -0.2) is 47.3 Å². The van der Waals surface area contributed by atoms with E-state index in [1.165, 1.54) is 0 Å². The molecule has 2 N–H and O–H groups in total. The summed E-state index contributed by atoms with van der Waals surface area (Å²) in [7, 11) is 0. The average molecular weight is 428 g/mol. The summed E-state index contributed by atoms with van der Waals surface area (Å²) in [6, 6.07) is 5.40. The van der Waals surface area contributed by atoms with Gasteiger partial charge in [0.15, 0.2) is 0 Å². The molecule has 2 aromatic rings. The van der Waals surface area contributed by atoms with Gasteiger partial charge in [0.1, 0.15) is 0 Å². The molecule has 25 heavy (non-hydrogen) atoms. The van der Waals surface area contributed by atoms with Gasteiger partial charge in [-0.3, -0.25) is 14.8 Å². The predicted molar refractivity (Wildman–Crippen MR) is 101 cm³/mol. The molecule has 8 heteroatoms. The van der Waals surface area contributed by atoms with Gasteiger partial charge in [-0.15, -0.1) is 0 Å². The van der Waals surface area contributed by atoms with Gasteiger partial charge in [-0.25, -0.2) is 0 Å². The van der Waals surface area contributed by atoms with Gasteiger partial charge in [0.05, 0.1) is 42.2 Å². The lowest BCUT2D eigenvalue weighted by Gasteiger charge is -2.35. The van der Waals surface area contributed by atoms with Crippen LogP contribution >= 0.6 is 27.5 Å². The van der Waals surface area contributed by atoms with Crippen LogP contribution < -0.4 is 5.32 Å². The SMILES string of the molecule is Cc1n[nH]c(C)c1[C@H]1COCCN1CC(=O)Nc1ccc(Br)cc1Cl. The van der Waals surface area contributed by atoms with Crippen LogP contribution in [0.5, 0.6) is 0 Å². The normalized spacial score (nSPS) is 18.3. The highest BCUT2D eigenvalue weighted by Crippen LogP contribution is 2.29. The maximum absolute atomic E-state index is 12.5. The second kappa shape index (κ2) is 7.86. The Bertz CT molecular complexity index is 761. The number of H-pyrrole nitrogens is 1. The molecule has 0 aliphatic carbocycles. The van der Waals surface area contributed by atoms with Crippen molar-refractivity contribution in [1.29, 1.82) is 0 Å². The standard InChI is InChI=1S/C17H20BrClN4O2/c1-10-17(11(2)22-21-10)15-9-25-6-5-23(15)8-16(24)20-14-4-3-12(18)7-13(14)19/h3-4,7,15H,5-6,8-9H2,1-2H3,(H,20,24)(H,21,22)/t15-/m1/s1. The summed E-state index contributed by atoms with van der Waals surface area (Å²) in [5.74, 6) is -0.102. The molecule has 0 spiro atoms. The number of hydrogen-bond donors (Lipinski definition) is 2. The monoisotopic (exact) mass is 426 g/mol. The van der Waals surface area contributed by atoms with Gasteiger partial charge in [0, 0.05) is 22.3 Å². The minimum Gasteiger partial charge on any atom is -0.378 e. The first-order valence-corrected chi connectivity index (χ1v) is 9.21. The number of morpholine rings is 1. The number of aromatic amines is 1.